The molecule has 0 aromatic rings. The van der Waals surface area contributed by atoms with Gasteiger partial charge in [0.25, 0.3) is 0 Å². The first-order chi connectivity index (χ1) is 25.5. The van der Waals surface area contributed by atoms with Crippen molar-refractivity contribution in [3.05, 3.63) is 24.3 Å². The number of hydrogen-bond acceptors (Lipinski definition) is 5. The van der Waals surface area contributed by atoms with Crippen molar-refractivity contribution in [3.8, 4) is 0 Å². The highest BCUT2D eigenvalue weighted by molar-refractivity contribution is 5.76. The molecule has 0 aliphatic carbocycles. The van der Waals surface area contributed by atoms with Crippen LogP contribution >= 0.6 is 0 Å². The van der Waals surface area contributed by atoms with E-state index in [1.165, 1.54) is 135 Å². The maximum Gasteiger partial charge on any atom is 0.305 e. The van der Waals surface area contributed by atoms with E-state index in [0.717, 1.165) is 70.6 Å². The molecule has 0 spiro atoms. The predicted octanol–water partition coefficient (Wildman–Crippen LogP) is 12.8. The summed E-state index contributed by atoms with van der Waals surface area (Å²) in [4.78, 5) is 24.3. The summed E-state index contributed by atoms with van der Waals surface area (Å²) in [6, 6.07) is -0.663. The number of carbonyl (C=O) groups is 2. The second-order valence-corrected chi connectivity index (χ2v) is 15.4. The minimum Gasteiger partial charge on any atom is -0.466 e. The van der Waals surface area contributed by atoms with Gasteiger partial charge in [0.2, 0.25) is 5.91 Å². The molecule has 1 amide bonds. The van der Waals surface area contributed by atoms with Crippen LogP contribution in [0, 0.1) is 0 Å². The van der Waals surface area contributed by atoms with Crippen molar-refractivity contribution < 1.29 is 24.5 Å². The van der Waals surface area contributed by atoms with Gasteiger partial charge in [-0.25, -0.2) is 0 Å². The highest BCUT2D eigenvalue weighted by Gasteiger charge is 2.17. The first kappa shape index (κ1) is 50.3. The average Bonchev–Trinajstić information content (AvgIpc) is 3.14. The highest BCUT2D eigenvalue weighted by Crippen LogP contribution is 2.15. The zero-order valence-electron chi connectivity index (χ0n) is 34.5. The molecule has 3 N–H and O–H groups in total. The third kappa shape index (κ3) is 38.1. The molecule has 306 valence electrons. The van der Waals surface area contributed by atoms with Crippen molar-refractivity contribution in [2.45, 2.75) is 244 Å². The standard InChI is InChI=1S/C46H87NO5/c1-3-5-7-9-11-13-15-17-18-20-24-28-32-36-40-46(51)52-41-37-33-29-25-21-23-27-31-35-39-45(50)47-43(42-48)44(49)38-34-30-26-22-19-16-14-12-10-8-6-4-2/h23,27,34,38,43-44,48-49H,3-22,24-26,28-33,35-37,39-42H2,1-2H3,(H,47,50)/b27-23-,38-34+. The Bertz CT molecular complexity index is 813. The minimum absolute atomic E-state index is 0.0368. The fourth-order valence-electron chi connectivity index (χ4n) is 6.69. The quantitative estimate of drug-likeness (QED) is 0.0330. The molecule has 0 saturated heterocycles. The van der Waals surface area contributed by atoms with E-state index in [2.05, 4.69) is 31.3 Å². The van der Waals surface area contributed by atoms with Crippen LogP contribution in [0.3, 0.4) is 0 Å². The van der Waals surface area contributed by atoms with Crippen LogP contribution in [0.2, 0.25) is 0 Å². The van der Waals surface area contributed by atoms with E-state index in [-0.39, 0.29) is 18.5 Å². The van der Waals surface area contributed by atoms with E-state index in [4.69, 9.17) is 4.74 Å². The maximum absolute atomic E-state index is 12.3. The molecule has 52 heavy (non-hydrogen) atoms. The van der Waals surface area contributed by atoms with Crippen LogP contribution in [0.1, 0.15) is 232 Å². The number of ether oxygens (including phenoxy) is 1. The Hall–Kier alpha value is -1.66. The second kappa shape index (κ2) is 42.1. The predicted molar refractivity (Wildman–Crippen MR) is 223 cm³/mol. The van der Waals surface area contributed by atoms with Crippen LogP contribution < -0.4 is 5.32 Å². The summed E-state index contributed by atoms with van der Waals surface area (Å²) in [5.41, 5.74) is 0. The van der Waals surface area contributed by atoms with E-state index < -0.39 is 12.1 Å². The first-order valence-corrected chi connectivity index (χ1v) is 22.6. The molecule has 0 heterocycles. The van der Waals surface area contributed by atoms with Gasteiger partial charge in [0.1, 0.15) is 0 Å². The lowest BCUT2D eigenvalue weighted by Gasteiger charge is -2.19. The number of rotatable bonds is 41. The zero-order chi connectivity index (χ0) is 38.0. The van der Waals surface area contributed by atoms with E-state index in [1.807, 2.05) is 6.08 Å². The van der Waals surface area contributed by atoms with E-state index >= 15 is 0 Å². The molecule has 6 nitrogen and oxygen atoms in total. The van der Waals surface area contributed by atoms with Crippen LogP contribution in [0.25, 0.3) is 0 Å². The highest BCUT2D eigenvalue weighted by atomic mass is 16.5. The largest absolute Gasteiger partial charge is 0.466 e. The van der Waals surface area contributed by atoms with Crippen molar-refractivity contribution in [2.24, 2.45) is 0 Å². The Morgan fingerprint density at radius 2 is 0.923 bits per heavy atom. The molecule has 0 radical (unpaired) electrons. The Labute approximate surface area is 322 Å². The number of allylic oxidation sites excluding steroid dienone is 3. The summed E-state index contributed by atoms with van der Waals surface area (Å²) in [5.74, 6) is -0.167. The molecule has 0 aromatic heterocycles. The topological polar surface area (TPSA) is 95.9 Å². The molecule has 2 unspecified atom stereocenters. The van der Waals surface area contributed by atoms with E-state index in [0.29, 0.717) is 19.4 Å². The van der Waals surface area contributed by atoms with Gasteiger partial charge in [-0.05, 0) is 51.4 Å². The fraction of sp³-hybridized carbons (Fsp3) is 0.870. The lowest BCUT2D eigenvalue weighted by atomic mass is 10.0. The maximum atomic E-state index is 12.3. The number of unbranched alkanes of at least 4 members (excludes halogenated alkanes) is 28. The van der Waals surface area contributed by atoms with Gasteiger partial charge < -0.3 is 20.3 Å². The lowest BCUT2D eigenvalue weighted by Crippen LogP contribution is -2.45. The molecule has 0 bridgehead atoms. The van der Waals surface area contributed by atoms with Gasteiger partial charge in [0.15, 0.2) is 0 Å². The van der Waals surface area contributed by atoms with Crippen LogP contribution in [0.15, 0.2) is 24.3 Å². The molecule has 0 fully saturated rings. The SMILES string of the molecule is CCCCCCCCCCCC/C=C/C(O)C(CO)NC(=O)CCC/C=C\CCCCCCOC(=O)CCCCCCCCCCCCCCCC. The van der Waals surface area contributed by atoms with Gasteiger partial charge in [-0.15, -0.1) is 0 Å². The number of nitrogens with one attached hydrogen (secondary N) is 1. The van der Waals surface area contributed by atoms with Gasteiger partial charge >= 0.3 is 5.97 Å². The van der Waals surface area contributed by atoms with Gasteiger partial charge in [0, 0.05) is 12.8 Å². The van der Waals surface area contributed by atoms with Crippen molar-refractivity contribution in [1.82, 2.24) is 5.32 Å². The van der Waals surface area contributed by atoms with Gasteiger partial charge in [-0.3, -0.25) is 9.59 Å². The molecular weight excluding hydrogens is 647 g/mol. The Balaban J connectivity index is 3.58. The number of amides is 1. The number of hydrogen-bond donors (Lipinski definition) is 3. The molecule has 0 saturated carbocycles. The second-order valence-electron chi connectivity index (χ2n) is 15.4. The van der Waals surface area contributed by atoms with Crippen molar-refractivity contribution in [1.29, 1.82) is 0 Å². The van der Waals surface area contributed by atoms with Crippen molar-refractivity contribution in [3.63, 3.8) is 0 Å². The monoisotopic (exact) mass is 734 g/mol. The first-order valence-electron chi connectivity index (χ1n) is 22.6. The normalized spacial score (nSPS) is 12.9. The minimum atomic E-state index is -0.872. The summed E-state index contributed by atoms with van der Waals surface area (Å²) in [5, 5.41) is 22.9. The fourth-order valence-corrected chi connectivity index (χ4v) is 6.69. The molecule has 0 aliphatic rings. The van der Waals surface area contributed by atoms with Crippen molar-refractivity contribution in [2.75, 3.05) is 13.2 Å². The molecular formula is C46H87NO5. The molecule has 0 rings (SSSR count). The summed E-state index contributed by atoms with van der Waals surface area (Å²) in [6.07, 6.45) is 47.4. The van der Waals surface area contributed by atoms with Gasteiger partial charge in [-0.2, -0.15) is 0 Å². The molecule has 2 atom stereocenters. The summed E-state index contributed by atoms with van der Waals surface area (Å²) in [6.45, 7) is 4.79. The average molecular weight is 734 g/mol. The number of aliphatic hydroxyl groups excluding tert-OH is 2. The van der Waals surface area contributed by atoms with Crippen LogP contribution in [-0.4, -0.2) is 47.4 Å². The van der Waals surface area contributed by atoms with Crippen LogP contribution in [0.5, 0.6) is 0 Å². The van der Waals surface area contributed by atoms with E-state index in [1.54, 1.807) is 6.08 Å². The summed E-state index contributed by atoms with van der Waals surface area (Å²) < 4.78 is 5.42. The molecule has 0 aliphatic heterocycles. The van der Waals surface area contributed by atoms with E-state index in [9.17, 15) is 19.8 Å². The van der Waals surface area contributed by atoms with Crippen LogP contribution in [-0.2, 0) is 14.3 Å². The summed E-state index contributed by atoms with van der Waals surface area (Å²) >= 11 is 0. The Morgan fingerprint density at radius 3 is 1.40 bits per heavy atom. The van der Waals surface area contributed by atoms with Crippen LogP contribution in [0.4, 0.5) is 0 Å². The smallest absolute Gasteiger partial charge is 0.305 e. The zero-order valence-corrected chi connectivity index (χ0v) is 34.5. The molecule has 0 aromatic carbocycles. The lowest BCUT2D eigenvalue weighted by molar-refractivity contribution is -0.143. The Kier molecular flexibility index (Phi) is 40.7. The number of aliphatic hydroxyl groups is 2. The Morgan fingerprint density at radius 1 is 0.519 bits per heavy atom. The molecule has 6 heteroatoms. The van der Waals surface area contributed by atoms with Crippen molar-refractivity contribution >= 4 is 11.9 Å². The number of esters is 1. The van der Waals surface area contributed by atoms with Gasteiger partial charge in [-0.1, -0.05) is 192 Å². The number of carbonyl (C=O) groups excluding carboxylic acids is 2. The third-order valence-electron chi connectivity index (χ3n) is 10.2. The van der Waals surface area contributed by atoms with Gasteiger partial charge in [0.05, 0.1) is 25.4 Å². The summed E-state index contributed by atoms with van der Waals surface area (Å²) in [7, 11) is 0. The third-order valence-corrected chi connectivity index (χ3v) is 10.2.